The van der Waals surface area contributed by atoms with Gasteiger partial charge in [0, 0.05) is 36.2 Å². The van der Waals surface area contributed by atoms with Crippen molar-refractivity contribution >= 4 is 15.6 Å². The second kappa shape index (κ2) is 3.20. The van der Waals surface area contributed by atoms with Crippen molar-refractivity contribution in [1.29, 1.82) is 0 Å². The summed E-state index contributed by atoms with van der Waals surface area (Å²) < 4.78 is 23.5. The van der Waals surface area contributed by atoms with Gasteiger partial charge in [-0.1, -0.05) is 0 Å². The average molecular weight is 239 g/mol. The number of sulfone groups is 1. The van der Waals surface area contributed by atoms with Gasteiger partial charge in [0.05, 0.1) is 10.7 Å². The Labute approximate surface area is 94.3 Å². The molecule has 2 aliphatic heterocycles. The second-order valence-electron chi connectivity index (χ2n) is 4.51. The smallest absolute Gasteiger partial charge is 0.176 e. The van der Waals surface area contributed by atoms with Crippen LogP contribution in [0, 0.1) is 0 Å². The van der Waals surface area contributed by atoms with Gasteiger partial charge < -0.3 is 5.32 Å². The number of dihydropyridines is 1. The third kappa shape index (κ3) is 1.34. The van der Waals surface area contributed by atoms with E-state index in [0.717, 1.165) is 24.2 Å². The maximum atomic E-state index is 11.7. The predicted octanol–water partition coefficient (Wildman–Crippen LogP) is 1.02. The van der Waals surface area contributed by atoms with Gasteiger partial charge >= 0.3 is 0 Å². The van der Waals surface area contributed by atoms with Crippen LogP contribution in [0.15, 0.2) is 21.9 Å². The molecular formula is C11H13NO3S. The molecule has 1 N–H and O–H groups in total. The van der Waals surface area contributed by atoms with E-state index in [1.807, 2.05) is 0 Å². The molecule has 0 atom stereocenters. The van der Waals surface area contributed by atoms with Crippen molar-refractivity contribution in [2.24, 2.45) is 0 Å². The third-order valence-corrected chi connectivity index (χ3v) is 5.39. The summed E-state index contributed by atoms with van der Waals surface area (Å²) in [5, 5.41) is 3.16. The highest BCUT2D eigenvalue weighted by Gasteiger charge is 2.36. The maximum Gasteiger partial charge on any atom is 0.176 e. The van der Waals surface area contributed by atoms with Gasteiger partial charge in [-0.3, -0.25) is 4.79 Å². The number of ketones is 1. The van der Waals surface area contributed by atoms with E-state index in [4.69, 9.17) is 0 Å². The Morgan fingerprint density at radius 1 is 1.06 bits per heavy atom. The summed E-state index contributed by atoms with van der Waals surface area (Å²) in [6.07, 6.45) is 3.21. The highest BCUT2D eigenvalue weighted by Crippen LogP contribution is 2.37. The van der Waals surface area contributed by atoms with Crippen molar-refractivity contribution < 1.29 is 13.2 Å². The molecule has 0 aromatic heterocycles. The minimum atomic E-state index is -3.09. The van der Waals surface area contributed by atoms with Crippen LogP contribution in [-0.4, -0.2) is 20.0 Å². The van der Waals surface area contributed by atoms with Gasteiger partial charge in [0.25, 0.3) is 0 Å². The minimum absolute atomic E-state index is 0.113. The van der Waals surface area contributed by atoms with Crippen LogP contribution >= 0.6 is 0 Å². The minimum Gasteiger partial charge on any atom is -0.361 e. The molecule has 16 heavy (non-hydrogen) atoms. The van der Waals surface area contributed by atoms with Crippen LogP contribution in [0.2, 0.25) is 0 Å². The molecule has 0 aromatic carbocycles. The van der Waals surface area contributed by atoms with Crippen molar-refractivity contribution in [3.8, 4) is 0 Å². The van der Waals surface area contributed by atoms with E-state index >= 15 is 0 Å². The standard InChI is InChI=1S/C11H13NO3S/c13-10-3-1-2-8-7(10)6-11-9(12-8)4-5-16(11,14)15/h12H,1-6H2. The molecule has 0 unspecified atom stereocenters. The largest absolute Gasteiger partial charge is 0.361 e. The van der Waals surface area contributed by atoms with Crippen LogP contribution in [-0.2, 0) is 14.6 Å². The Bertz CT molecular complexity index is 540. The topological polar surface area (TPSA) is 63.2 Å². The maximum absolute atomic E-state index is 11.7. The van der Waals surface area contributed by atoms with E-state index < -0.39 is 9.84 Å². The van der Waals surface area contributed by atoms with Gasteiger partial charge in [0.15, 0.2) is 15.6 Å². The lowest BCUT2D eigenvalue weighted by Crippen LogP contribution is -2.26. The Kier molecular flexibility index (Phi) is 2.01. The van der Waals surface area contributed by atoms with E-state index in [0.29, 0.717) is 29.7 Å². The highest BCUT2D eigenvalue weighted by atomic mass is 32.2. The van der Waals surface area contributed by atoms with E-state index in [2.05, 4.69) is 5.32 Å². The molecule has 0 saturated carbocycles. The molecular weight excluding hydrogens is 226 g/mol. The fraction of sp³-hybridized carbons (Fsp3) is 0.545. The first kappa shape index (κ1) is 10.1. The molecule has 0 radical (unpaired) electrons. The van der Waals surface area contributed by atoms with Crippen molar-refractivity contribution in [1.82, 2.24) is 5.32 Å². The zero-order chi connectivity index (χ0) is 11.3. The summed E-state index contributed by atoms with van der Waals surface area (Å²) in [6.45, 7) is 0. The summed E-state index contributed by atoms with van der Waals surface area (Å²) >= 11 is 0. The van der Waals surface area contributed by atoms with E-state index in [9.17, 15) is 13.2 Å². The molecule has 3 rings (SSSR count). The summed E-state index contributed by atoms with van der Waals surface area (Å²) in [6, 6.07) is 0. The Balaban J connectivity index is 2.02. The Morgan fingerprint density at radius 3 is 2.69 bits per heavy atom. The number of carbonyl (C=O) groups excluding carboxylic acids is 1. The van der Waals surface area contributed by atoms with E-state index in [1.54, 1.807) is 0 Å². The summed E-state index contributed by atoms with van der Waals surface area (Å²) in [7, 11) is -3.09. The van der Waals surface area contributed by atoms with Gasteiger partial charge in [-0.25, -0.2) is 8.42 Å². The van der Waals surface area contributed by atoms with Crippen molar-refractivity contribution in [3.63, 3.8) is 0 Å². The molecule has 0 spiro atoms. The van der Waals surface area contributed by atoms with E-state index in [1.165, 1.54) is 0 Å². The fourth-order valence-corrected chi connectivity index (χ4v) is 4.23. The summed E-state index contributed by atoms with van der Waals surface area (Å²) in [5.74, 6) is 0.307. The number of nitrogens with one attached hydrogen (secondary N) is 1. The lowest BCUT2D eigenvalue weighted by Gasteiger charge is -2.26. The van der Waals surface area contributed by atoms with Crippen LogP contribution in [0.1, 0.15) is 32.1 Å². The first-order chi connectivity index (χ1) is 7.58. The van der Waals surface area contributed by atoms with Crippen molar-refractivity contribution in [3.05, 3.63) is 21.9 Å². The lowest BCUT2D eigenvalue weighted by atomic mass is 9.90. The monoisotopic (exact) mass is 239 g/mol. The van der Waals surface area contributed by atoms with Crippen molar-refractivity contribution in [2.75, 3.05) is 5.75 Å². The Hall–Kier alpha value is -1.10. The molecule has 2 heterocycles. The quantitative estimate of drug-likeness (QED) is 0.685. The van der Waals surface area contributed by atoms with Gasteiger partial charge in [0.2, 0.25) is 0 Å². The zero-order valence-corrected chi connectivity index (χ0v) is 9.69. The second-order valence-corrected chi connectivity index (χ2v) is 6.64. The van der Waals surface area contributed by atoms with Gasteiger partial charge in [0.1, 0.15) is 0 Å². The first-order valence-electron chi connectivity index (χ1n) is 5.55. The SMILES string of the molecule is O=C1CCCC2=C1CC1=C(CCS1(=O)=O)N2. The molecule has 0 amide bonds. The van der Waals surface area contributed by atoms with Crippen LogP contribution < -0.4 is 5.32 Å². The molecule has 0 saturated heterocycles. The van der Waals surface area contributed by atoms with Gasteiger partial charge in [-0.2, -0.15) is 0 Å². The number of hydrogen-bond acceptors (Lipinski definition) is 4. The number of carbonyl (C=O) groups is 1. The highest BCUT2D eigenvalue weighted by molar-refractivity contribution is 7.95. The summed E-state index contributed by atoms with van der Waals surface area (Å²) in [4.78, 5) is 12.2. The Morgan fingerprint density at radius 2 is 1.88 bits per heavy atom. The molecule has 3 aliphatic rings. The fourth-order valence-electron chi connectivity index (χ4n) is 2.62. The average Bonchev–Trinajstić information content (AvgIpc) is 2.53. The number of allylic oxidation sites excluding steroid dienone is 4. The van der Waals surface area contributed by atoms with Crippen LogP contribution in [0.25, 0.3) is 0 Å². The number of hydrogen-bond donors (Lipinski definition) is 1. The first-order valence-corrected chi connectivity index (χ1v) is 7.20. The predicted molar refractivity (Wildman–Crippen MR) is 59.1 cm³/mol. The van der Waals surface area contributed by atoms with Gasteiger partial charge in [-0.15, -0.1) is 0 Å². The van der Waals surface area contributed by atoms with Crippen LogP contribution in [0.3, 0.4) is 0 Å². The third-order valence-electron chi connectivity index (χ3n) is 3.50. The van der Waals surface area contributed by atoms with Crippen LogP contribution in [0.4, 0.5) is 0 Å². The zero-order valence-electron chi connectivity index (χ0n) is 8.88. The molecule has 4 nitrogen and oxygen atoms in total. The molecule has 5 heteroatoms. The molecule has 0 bridgehead atoms. The molecule has 1 aliphatic carbocycles. The molecule has 0 fully saturated rings. The molecule has 0 aromatic rings. The molecule has 86 valence electrons. The lowest BCUT2D eigenvalue weighted by molar-refractivity contribution is -0.116. The van der Waals surface area contributed by atoms with Gasteiger partial charge in [-0.05, 0) is 12.8 Å². The normalized spacial score (nSPS) is 27.6. The number of rotatable bonds is 0. The van der Waals surface area contributed by atoms with Crippen molar-refractivity contribution in [2.45, 2.75) is 32.1 Å². The number of Topliss-reactive ketones (excluding diaryl/α,β-unsaturated/α-hetero) is 1. The van der Waals surface area contributed by atoms with Crippen LogP contribution in [0.5, 0.6) is 0 Å². The summed E-state index contributed by atoms with van der Waals surface area (Å²) in [5.41, 5.74) is 2.50. The van der Waals surface area contributed by atoms with E-state index in [-0.39, 0.29) is 11.5 Å².